The number of benzene rings is 7. The fourth-order valence-electron chi connectivity index (χ4n) is 7.44. The Bertz CT molecular complexity index is 2720. The van der Waals surface area contributed by atoms with E-state index in [0.717, 1.165) is 45.5 Å². The minimum absolute atomic E-state index is 0.873. The van der Waals surface area contributed by atoms with Gasteiger partial charge in [-0.2, -0.15) is 0 Å². The third-order valence-electron chi connectivity index (χ3n) is 9.74. The smallest absolute Gasteiger partial charge is 0.137 e. The molecule has 7 aromatic carbocycles. The minimum Gasteiger partial charge on any atom is -0.456 e. The highest BCUT2D eigenvalue weighted by atomic mass is 32.1. The number of furan rings is 1. The van der Waals surface area contributed by atoms with Crippen LogP contribution in [0.3, 0.4) is 0 Å². The number of nitrogens with zero attached hydrogens (tertiary/aromatic N) is 1. The number of nitrogens with one attached hydrogen (secondary N) is 1. The molecule has 1 aliphatic rings. The highest BCUT2D eigenvalue weighted by Gasteiger charge is 2.20. The topological polar surface area (TPSA) is 28.4 Å². The molecule has 232 valence electrons. The molecule has 0 unspecified atom stereocenters. The van der Waals surface area contributed by atoms with Crippen LogP contribution in [0.2, 0.25) is 0 Å². The molecule has 0 spiro atoms. The lowest BCUT2D eigenvalue weighted by atomic mass is 9.96. The van der Waals surface area contributed by atoms with E-state index < -0.39 is 0 Å². The Morgan fingerprint density at radius 3 is 2.22 bits per heavy atom. The lowest BCUT2D eigenvalue weighted by molar-refractivity contribution is 0.669. The van der Waals surface area contributed by atoms with Crippen molar-refractivity contribution in [1.29, 1.82) is 0 Å². The second kappa shape index (κ2) is 11.3. The van der Waals surface area contributed by atoms with Gasteiger partial charge in [0.25, 0.3) is 0 Å². The summed E-state index contributed by atoms with van der Waals surface area (Å²) < 4.78 is 9.05. The van der Waals surface area contributed by atoms with Gasteiger partial charge in [0.1, 0.15) is 11.2 Å². The van der Waals surface area contributed by atoms with E-state index in [-0.39, 0.29) is 0 Å². The summed E-state index contributed by atoms with van der Waals surface area (Å²) in [6, 6.07) is 54.5. The average Bonchev–Trinajstić information content (AvgIpc) is 3.74. The molecule has 0 saturated carbocycles. The van der Waals surface area contributed by atoms with E-state index in [1.165, 1.54) is 53.6 Å². The Hall–Kier alpha value is -6.10. The number of para-hydroxylation sites is 2. The second-order valence-corrected chi connectivity index (χ2v) is 13.6. The van der Waals surface area contributed by atoms with E-state index in [0.29, 0.717) is 0 Å². The molecular formula is C45H30N2OS. The summed E-state index contributed by atoms with van der Waals surface area (Å²) in [7, 11) is 0. The molecule has 9 aromatic rings. The van der Waals surface area contributed by atoms with Crippen molar-refractivity contribution in [1.82, 2.24) is 5.32 Å². The molecule has 1 aliphatic heterocycles. The minimum atomic E-state index is 0.873. The average molecular weight is 647 g/mol. The van der Waals surface area contributed by atoms with E-state index in [4.69, 9.17) is 4.42 Å². The zero-order valence-electron chi connectivity index (χ0n) is 26.6. The highest BCUT2D eigenvalue weighted by Crippen LogP contribution is 2.45. The first-order valence-corrected chi connectivity index (χ1v) is 17.5. The summed E-state index contributed by atoms with van der Waals surface area (Å²) in [5.74, 6) is 0. The maximum absolute atomic E-state index is 6.38. The lowest BCUT2D eigenvalue weighted by Crippen LogP contribution is -2.11. The van der Waals surface area contributed by atoms with Gasteiger partial charge in [-0.05, 0) is 82.6 Å². The van der Waals surface area contributed by atoms with Gasteiger partial charge in [0.2, 0.25) is 0 Å². The lowest BCUT2D eigenvalue weighted by Gasteiger charge is -2.28. The van der Waals surface area contributed by atoms with Crippen molar-refractivity contribution in [3.63, 3.8) is 0 Å². The van der Waals surface area contributed by atoms with Gasteiger partial charge in [0.05, 0.1) is 5.69 Å². The van der Waals surface area contributed by atoms with Crippen LogP contribution < -0.4 is 10.2 Å². The maximum Gasteiger partial charge on any atom is 0.137 e. The number of rotatable bonds is 5. The molecule has 0 atom stereocenters. The number of thiophene rings is 1. The van der Waals surface area contributed by atoms with Gasteiger partial charge in [-0.3, -0.25) is 0 Å². The van der Waals surface area contributed by atoms with Crippen LogP contribution in [0.5, 0.6) is 0 Å². The monoisotopic (exact) mass is 646 g/mol. The molecule has 0 aliphatic carbocycles. The van der Waals surface area contributed by atoms with Crippen molar-refractivity contribution in [3.05, 3.63) is 169 Å². The molecule has 0 saturated heterocycles. The summed E-state index contributed by atoms with van der Waals surface area (Å²) in [6.07, 6.45) is 4.29. The van der Waals surface area contributed by atoms with Crippen LogP contribution in [0.4, 0.5) is 17.1 Å². The van der Waals surface area contributed by atoms with Gasteiger partial charge in [-0.25, -0.2) is 0 Å². The van der Waals surface area contributed by atoms with E-state index in [9.17, 15) is 0 Å². The molecule has 0 amide bonds. The third-order valence-corrected chi connectivity index (χ3v) is 10.9. The van der Waals surface area contributed by atoms with E-state index in [2.05, 4.69) is 162 Å². The molecule has 1 N–H and O–H groups in total. The van der Waals surface area contributed by atoms with Crippen molar-refractivity contribution < 1.29 is 4.42 Å². The van der Waals surface area contributed by atoms with E-state index in [1.807, 2.05) is 23.5 Å². The highest BCUT2D eigenvalue weighted by molar-refractivity contribution is 7.26. The standard InChI is InChI=1S/C45H30N2OS/c1-2-9-29(10-3-1)34-11-4-6-14-40(34)47(33-22-24-38-37-12-5-7-15-41(37)48-42(38)27-33)32-20-17-30(18-21-32)35-13-8-16-43-44(35)39-23-19-31-28-46-26-25-36(31)45(39)49-43/h1-27,46H,28H2. The van der Waals surface area contributed by atoms with Crippen LogP contribution in [0, 0.1) is 0 Å². The summed E-state index contributed by atoms with van der Waals surface area (Å²) in [5.41, 5.74) is 12.5. The first-order valence-electron chi connectivity index (χ1n) is 16.6. The SMILES string of the molecule is C1=Cc2c(ccc3c2sc2cccc(-c4ccc(N(c5ccc6c(c5)oc5ccccc56)c5ccccc5-c5ccccc5)cc4)c23)CN1. The summed E-state index contributed by atoms with van der Waals surface area (Å²) in [5, 5.41) is 8.26. The predicted octanol–water partition coefficient (Wildman–Crippen LogP) is 12.8. The fraction of sp³-hybridized carbons (Fsp3) is 0.0222. The molecule has 3 nitrogen and oxygen atoms in total. The van der Waals surface area contributed by atoms with Crippen LogP contribution in [-0.2, 0) is 6.54 Å². The second-order valence-electron chi connectivity index (χ2n) is 12.6. The first kappa shape index (κ1) is 28.0. The zero-order chi connectivity index (χ0) is 32.3. The van der Waals surface area contributed by atoms with Gasteiger partial charge in [0, 0.05) is 60.5 Å². The molecule has 2 aromatic heterocycles. The first-order chi connectivity index (χ1) is 24.3. The Morgan fingerprint density at radius 2 is 1.31 bits per heavy atom. The molecule has 3 heterocycles. The van der Waals surface area contributed by atoms with Crippen molar-refractivity contribution in [2.75, 3.05) is 4.90 Å². The molecule has 0 radical (unpaired) electrons. The van der Waals surface area contributed by atoms with Crippen LogP contribution in [0.1, 0.15) is 11.1 Å². The van der Waals surface area contributed by atoms with Crippen LogP contribution in [0.15, 0.2) is 162 Å². The van der Waals surface area contributed by atoms with Gasteiger partial charge in [-0.1, -0.05) is 103 Å². The van der Waals surface area contributed by atoms with Crippen molar-refractivity contribution in [2.45, 2.75) is 6.54 Å². The Kier molecular flexibility index (Phi) is 6.42. The van der Waals surface area contributed by atoms with E-state index in [1.54, 1.807) is 0 Å². The molecule has 0 bridgehead atoms. The van der Waals surface area contributed by atoms with Gasteiger partial charge in [-0.15, -0.1) is 11.3 Å². The summed E-state index contributed by atoms with van der Waals surface area (Å²) >= 11 is 1.89. The van der Waals surface area contributed by atoms with Crippen LogP contribution in [0.25, 0.3) is 70.4 Å². The molecular weight excluding hydrogens is 617 g/mol. The molecule has 0 fully saturated rings. The maximum atomic E-state index is 6.38. The van der Waals surface area contributed by atoms with Gasteiger partial charge < -0.3 is 14.6 Å². The quantitative estimate of drug-likeness (QED) is 0.202. The van der Waals surface area contributed by atoms with Gasteiger partial charge >= 0.3 is 0 Å². The number of fused-ring (bicyclic) bond motifs is 8. The number of anilines is 3. The summed E-state index contributed by atoms with van der Waals surface area (Å²) in [4.78, 5) is 2.35. The van der Waals surface area contributed by atoms with Crippen molar-refractivity contribution in [3.8, 4) is 22.3 Å². The van der Waals surface area contributed by atoms with Crippen LogP contribution in [-0.4, -0.2) is 0 Å². The van der Waals surface area contributed by atoms with Crippen molar-refractivity contribution >= 4 is 76.6 Å². The Balaban J connectivity index is 1.14. The largest absolute Gasteiger partial charge is 0.456 e. The zero-order valence-corrected chi connectivity index (χ0v) is 27.4. The normalized spacial score (nSPS) is 12.5. The van der Waals surface area contributed by atoms with Gasteiger partial charge in [0.15, 0.2) is 0 Å². The predicted molar refractivity (Wildman–Crippen MR) is 208 cm³/mol. The Morgan fingerprint density at radius 1 is 0.571 bits per heavy atom. The third kappa shape index (κ3) is 4.56. The number of hydrogen-bond donors (Lipinski definition) is 1. The van der Waals surface area contributed by atoms with Crippen molar-refractivity contribution in [2.24, 2.45) is 0 Å². The van der Waals surface area contributed by atoms with Crippen LogP contribution >= 0.6 is 11.3 Å². The number of hydrogen-bond acceptors (Lipinski definition) is 4. The fourth-order valence-corrected chi connectivity index (χ4v) is 8.72. The molecule has 10 rings (SSSR count). The van der Waals surface area contributed by atoms with E-state index >= 15 is 0 Å². The molecule has 49 heavy (non-hydrogen) atoms. The Labute approximate surface area is 288 Å². The molecule has 4 heteroatoms. The summed E-state index contributed by atoms with van der Waals surface area (Å²) in [6.45, 7) is 0.873.